The Morgan fingerprint density at radius 2 is 2.29 bits per heavy atom. The van der Waals surface area contributed by atoms with Crippen LogP contribution in [0.25, 0.3) is 0 Å². The van der Waals surface area contributed by atoms with Gasteiger partial charge >= 0.3 is 6.09 Å². The van der Waals surface area contributed by atoms with Crippen LogP contribution in [0.15, 0.2) is 0 Å². The van der Waals surface area contributed by atoms with Crippen LogP contribution in [0, 0.1) is 11.8 Å². The Morgan fingerprint density at radius 1 is 1.53 bits per heavy atom. The molecule has 1 N–H and O–H groups in total. The Hall–Kier alpha value is -0.770. The minimum absolute atomic E-state index is 0.0432. The number of hydrogen-bond acceptors (Lipinski definition) is 3. The summed E-state index contributed by atoms with van der Waals surface area (Å²) in [5.74, 6) is 1.17. The van der Waals surface area contributed by atoms with Crippen LogP contribution >= 0.6 is 0 Å². The zero-order valence-corrected chi connectivity index (χ0v) is 10.4. The largest absolute Gasteiger partial charge is 0.449 e. The fraction of sp³-hybridized carbons (Fsp3) is 0.923. The van der Waals surface area contributed by atoms with Crippen LogP contribution in [0.5, 0.6) is 0 Å². The van der Waals surface area contributed by atoms with Crippen molar-refractivity contribution in [2.45, 2.75) is 50.7 Å². The summed E-state index contributed by atoms with van der Waals surface area (Å²) in [6.45, 7) is 3.38. The van der Waals surface area contributed by atoms with E-state index in [-0.39, 0.29) is 12.1 Å². The highest BCUT2D eigenvalue weighted by Crippen LogP contribution is 2.58. The number of carbonyl (C=O) groups excluding carboxylic acids is 1. The number of nitrogens with zero attached hydrogens (tertiary/aromatic N) is 1. The highest BCUT2D eigenvalue weighted by atomic mass is 16.6. The van der Waals surface area contributed by atoms with Crippen LogP contribution in [0.2, 0.25) is 0 Å². The summed E-state index contributed by atoms with van der Waals surface area (Å²) >= 11 is 0. The maximum absolute atomic E-state index is 12.0. The van der Waals surface area contributed by atoms with Crippen molar-refractivity contribution in [2.24, 2.45) is 11.8 Å². The number of amides is 1. The van der Waals surface area contributed by atoms with Gasteiger partial charge in [0.15, 0.2) is 0 Å². The predicted octanol–water partition coefficient (Wildman–Crippen LogP) is 1.77. The summed E-state index contributed by atoms with van der Waals surface area (Å²) in [4.78, 5) is 13.8. The molecule has 0 aromatic rings. The smallest absolute Gasteiger partial charge is 0.410 e. The molecule has 3 aliphatic rings. The van der Waals surface area contributed by atoms with Crippen molar-refractivity contribution in [3.63, 3.8) is 0 Å². The standard InChI is InChI=1S/C13H21NO3/c1-2-3-6-17-12(15)14-8-9-7-10(9)11(14)13(16)4-5-13/h9-11,16H,2-8H2,1H3. The van der Waals surface area contributed by atoms with E-state index in [9.17, 15) is 9.90 Å². The van der Waals surface area contributed by atoms with Gasteiger partial charge in [0, 0.05) is 6.54 Å². The van der Waals surface area contributed by atoms with Crippen LogP contribution in [0.1, 0.15) is 39.0 Å². The molecule has 1 saturated heterocycles. The van der Waals surface area contributed by atoms with Gasteiger partial charge in [0.05, 0.1) is 18.2 Å². The second kappa shape index (κ2) is 3.87. The van der Waals surface area contributed by atoms with E-state index in [0.29, 0.717) is 18.4 Å². The Labute approximate surface area is 102 Å². The molecule has 0 aromatic carbocycles. The van der Waals surface area contributed by atoms with Gasteiger partial charge in [0.25, 0.3) is 0 Å². The quantitative estimate of drug-likeness (QED) is 0.761. The fourth-order valence-electron chi connectivity index (χ4n) is 3.15. The number of carbonyl (C=O) groups is 1. The minimum Gasteiger partial charge on any atom is -0.449 e. The maximum atomic E-state index is 12.0. The lowest BCUT2D eigenvalue weighted by Gasteiger charge is -2.30. The van der Waals surface area contributed by atoms with Gasteiger partial charge in [0.2, 0.25) is 0 Å². The van der Waals surface area contributed by atoms with E-state index < -0.39 is 5.60 Å². The first-order valence-electron chi connectivity index (χ1n) is 6.81. The van der Waals surface area contributed by atoms with Crippen molar-refractivity contribution in [1.82, 2.24) is 4.90 Å². The summed E-state index contributed by atoms with van der Waals surface area (Å²) in [7, 11) is 0. The number of ether oxygens (including phenoxy) is 1. The molecular weight excluding hydrogens is 218 g/mol. The van der Waals surface area contributed by atoms with Crippen molar-refractivity contribution < 1.29 is 14.6 Å². The molecular formula is C13H21NO3. The third-order valence-corrected chi connectivity index (χ3v) is 4.42. The number of rotatable bonds is 4. The third kappa shape index (κ3) is 1.92. The van der Waals surface area contributed by atoms with Gasteiger partial charge in [-0.2, -0.15) is 0 Å². The van der Waals surface area contributed by atoms with E-state index in [1.165, 1.54) is 6.42 Å². The molecule has 4 heteroatoms. The SMILES string of the molecule is CCCCOC(=O)N1CC2CC2C1C1(O)CC1. The maximum Gasteiger partial charge on any atom is 0.410 e. The lowest BCUT2D eigenvalue weighted by Crippen LogP contribution is -2.47. The van der Waals surface area contributed by atoms with E-state index >= 15 is 0 Å². The predicted molar refractivity (Wildman–Crippen MR) is 62.5 cm³/mol. The van der Waals surface area contributed by atoms with Gasteiger partial charge in [-0.05, 0) is 37.5 Å². The number of fused-ring (bicyclic) bond motifs is 1. The Balaban J connectivity index is 1.60. The van der Waals surface area contributed by atoms with Crippen LogP contribution in [0.3, 0.4) is 0 Å². The van der Waals surface area contributed by atoms with E-state index in [0.717, 1.165) is 32.2 Å². The Morgan fingerprint density at radius 3 is 2.94 bits per heavy atom. The zero-order valence-electron chi connectivity index (χ0n) is 10.4. The first-order chi connectivity index (χ1) is 8.15. The van der Waals surface area contributed by atoms with Crippen molar-refractivity contribution in [3.05, 3.63) is 0 Å². The second-order valence-electron chi connectivity index (χ2n) is 5.83. The average Bonchev–Trinajstić information content (AvgIpc) is 3.20. The van der Waals surface area contributed by atoms with E-state index in [1.807, 2.05) is 0 Å². The molecule has 2 aliphatic carbocycles. The molecule has 1 heterocycles. The monoisotopic (exact) mass is 239 g/mol. The Kier molecular flexibility index (Phi) is 2.58. The topological polar surface area (TPSA) is 49.8 Å². The normalized spacial score (nSPS) is 36.6. The van der Waals surface area contributed by atoms with E-state index in [2.05, 4.69) is 6.92 Å². The molecule has 3 fully saturated rings. The first kappa shape index (κ1) is 11.3. The van der Waals surface area contributed by atoms with Gasteiger partial charge in [-0.3, -0.25) is 0 Å². The Bertz CT molecular complexity index is 327. The van der Waals surface area contributed by atoms with Crippen molar-refractivity contribution in [1.29, 1.82) is 0 Å². The molecule has 1 aliphatic heterocycles. The molecule has 96 valence electrons. The fourth-order valence-corrected chi connectivity index (χ4v) is 3.15. The molecule has 0 aromatic heterocycles. The van der Waals surface area contributed by atoms with E-state index in [1.54, 1.807) is 4.90 Å². The molecule has 17 heavy (non-hydrogen) atoms. The lowest BCUT2D eigenvalue weighted by molar-refractivity contribution is 0.0257. The number of likely N-dealkylation sites (tertiary alicyclic amines) is 1. The molecule has 3 unspecified atom stereocenters. The number of aliphatic hydroxyl groups is 1. The molecule has 0 bridgehead atoms. The van der Waals surface area contributed by atoms with Crippen molar-refractivity contribution >= 4 is 6.09 Å². The number of piperidine rings is 1. The van der Waals surface area contributed by atoms with Gasteiger partial charge < -0.3 is 14.7 Å². The van der Waals surface area contributed by atoms with E-state index in [4.69, 9.17) is 4.74 Å². The highest BCUT2D eigenvalue weighted by Gasteiger charge is 2.65. The molecule has 1 amide bonds. The lowest BCUT2D eigenvalue weighted by atomic mass is 10.0. The second-order valence-corrected chi connectivity index (χ2v) is 5.83. The average molecular weight is 239 g/mol. The highest BCUT2D eigenvalue weighted by molar-refractivity contribution is 5.69. The summed E-state index contributed by atoms with van der Waals surface area (Å²) in [5.41, 5.74) is -0.584. The van der Waals surface area contributed by atoms with Gasteiger partial charge in [-0.25, -0.2) is 4.79 Å². The van der Waals surface area contributed by atoms with Crippen molar-refractivity contribution in [2.75, 3.05) is 13.2 Å². The molecule has 3 rings (SSSR count). The van der Waals surface area contributed by atoms with Gasteiger partial charge in [0.1, 0.15) is 0 Å². The van der Waals surface area contributed by atoms with Crippen LogP contribution in [-0.2, 0) is 4.74 Å². The molecule has 3 atom stereocenters. The summed E-state index contributed by atoms with van der Waals surface area (Å²) in [5, 5.41) is 10.3. The molecule has 0 spiro atoms. The molecule has 4 nitrogen and oxygen atoms in total. The molecule has 0 radical (unpaired) electrons. The first-order valence-corrected chi connectivity index (χ1v) is 6.81. The summed E-state index contributed by atoms with van der Waals surface area (Å²) < 4.78 is 5.26. The number of hydrogen-bond donors (Lipinski definition) is 1. The van der Waals surface area contributed by atoms with Crippen molar-refractivity contribution in [3.8, 4) is 0 Å². The van der Waals surface area contributed by atoms with Crippen LogP contribution in [0.4, 0.5) is 4.79 Å². The van der Waals surface area contributed by atoms with Crippen LogP contribution in [-0.4, -0.2) is 40.9 Å². The molecule has 2 saturated carbocycles. The van der Waals surface area contributed by atoms with Gasteiger partial charge in [-0.15, -0.1) is 0 Å². The van der Waals surface area contributed by atoms with Gasteiger partial charge in [-0.1, -0.05) is 13.3 Å². The summed E-state index contributed by atoms with van der Waals surface area (Å²) in [6, 6.07) is 0.0432. The summed E-state index contributed by atoms with van der Waals surface area (Å²) in [6.07, 6.45) is 4.62. The minimum atomic E-state index is -0.584. The third-order valence-electron chi connectivity index (χ3n) is 4.42. The van der Waals surface area contributed by atoms with Crippen LogP contribution < -0.4 is 0 Å². The number of unbranched alkanes of at least 4 members (excludes halogenated alkanes) is 1. The zero-order chi connectivity index (χ0) is 12.0.